The van der Waals surface area contributed by atoms with Crippen LogP contribution in [0.15, 0.2) is 5.16 Å². The molecule has 0 radical (unpaired) electrons. The van der Waals surface area contributed by atoms with Crippen LogP contribution >= 0.6 is 0 Å². The molecule has 0 aromatic carbocycles. The van der Waals surface area contributed by atoms with Gasteiger partial charge in [-0.2, -0.15) is 0 Å². The number of carboxylic acid groups (broad SMARTS) is 1. The zero-order chi connectivity index (χ0) is 13.8. The van der Waals surface area contributed by atoms with Gasteiger partial charge in [-0.3, -0.25) is 0 Å². The Kier molecular flexibility index (Phi) is 4.32. The zero-order valence-corrected chi connectivity index (χ0v) is 10.9. The fourth-order valence-electron chi connectivity index (χ4n) is 1.82. The van der Waals surface area contributed by atoms with Crippen LogP contribution in [-0.2, 0) is 19.2 Å². The van der Waals surface area contributed by atoms with E-state index in [0.29, 0.717) is 19.1 Å². The molecule has 102 valence electrons. The molecule has 1 aliphatic rings. The van der Waals surface area contributed by atoms with Gasteiger partial charge in [-0.15, -0.1) is 0 Å². The predicted molar refractivity (Wildman–Crippen MR) is 64.3 cm³/mol. The Morgan fingerprint density at radius 3 is 2.28 bits per heavy atom. The van der Waals surface area contributed by atoms with Crippen LogP contribution in [0.1, 0.15) is 46.5 Å². The lowest BCUT2D eigenvalue weighted by Crippen LogP contribution is -2.42. The maximum Gasteiger partial charge on any atom is 0.353 e. The summed E-state index contributed by atoms with van der Waals surface area (Å²) in [4.78, 5) is 27.5. The summed E-state index contributed by atoms with van der Waals surface area (Å²) < 4.78 is 5.30. The van der Waals surface area contributed by atoms with Gasteiger partial charge < -0.3 is 14.7 Å². The van der Waals surface area contributed by atoms with Gasteiger partial charge in [0.2, 0.25) is 5.60 Å². The molecule has 0 aliphatic heterocycles. The van der Waals surface area contributed by atoms with Crippen molar-refractivity contribution >= 4 is 18.2 Å². The summed E-state index contributed by atoms with van der Waals surface area (Å²) in [6.07, 6.45) is 3.30. The molecule has 0 atom stereocenters. The van der Waals surface area contributed by atoms with Gasteiger partial charge >= 0.3 is 11.9 Å². The van der Waals surface area contributed by atoms with Gasteiger partial charge in [0.25, 0.3) is 0 Å². The molecule has 1 aliphatic carbocycles. The van der Waals surface area contributed by atoms with Crippen LogP contribution in [0.4, 0.5) is 0 Å². The summed E-state index contributed by atoms with van der Waals surface area (Å²) >= 11 is 0. The Bertz CT molecular complexity index is 350. The van der Waals surface area contributed by atoms with Crippen molar-refractivity contribution < 1.29 is 24.3 Å². The molecular formula is C12H19NO5. The van der Waals surface area contributed by atoms with Crippen molar-refractivity contribution in [3.8, 4) is 0 Å². The fourth-order valence-corrected chi connectivity index (χ4v) is 1.82. The molecule has 0 amide bonds. The second-order valence-electron chi connectivity index (χ2n) is 5.37. The first-order chi connectivity index (χ1) is 8.25. The van der Waals surface area contributed by atoms with Gasteiger partial charge in [0.1, 0.15) is 5.60 Å². The van der Waals surface area contributed by atoms with Gasteiger partial charge in [-0.05, 0) is 33.6 Å². The predicted octanol–water partition coefficient (Wildman–Crippen LogP) is 1.73. The molecule has 0 aromatic rings. The van der Waals surface area contributed by atoms with E-state index in [1.54, 1.807) is 20.8 Å². The van der Waals surface area contributed by atoms with Gasteiger partial charge in [0, 0.05) is 12.8 Å². The summed E-state index contributed by atoms with van der Waals surface area (Å²) in [6, 6.07) is 0. The lowest BCUT2D eigenvalue weighted by Gasteiger charge is -2.28. The summed E-state index contributed by atoms with van der Waals surface area (Å²) in [7, 11) is 0. The molecule has 0 heterocycles. The number of carbonyl (C=O) groups is 2. The number of carboxylic acids is 1. The number of esters is 1. The zero-order valence-electron chi connectivity index (χ0n) is 10.9. The summed E-state index contributed by atoms with van der Waals surface area (Å²) in [5.41, 5.74) is -1.73. The van der Waals surface area contributed by atoms with E-state index in [-0.39, 0.29) is 0 Å². The van der Waals surface area contributed by atoms with E-state index >= 15 is 0 Å². The molecule has 0 unspecified atom stereocenters. The standard InChI is InChI=1S/C12H19NO5/c1-11(2,3)17-10(16)12(6-4-5-7-12)18-13-8-9(14)15/h8H,4-7H2,1-3H3,(H,14,15). The monoisotopic (exact) mass is 257 g/mol. The number of carbonyl (C=O) groups excluding carboxylic acids is 1. The molecule has 6 heteroatoms. The first-order valence-electron chi connectivity index (χ1n) is 5.93. The second-order valence-corrected chi connectivity index (χ2v) is 5.37. The lowest BCUT2D eigenvalue weighted by atomic mass is 10.0. The first kappa shape index (κ1) is 14.5. The number of ether oxygens (including phenoxy) is 1. The van der Waals surface area contributed by atoms with Crippen molar-refractivity contribution in [2.24, 2.45) is 5.16 Å². The molecule has 1 N–H and O–H groups in total. The SMILES string of the molecule is CC(C)(C)OC(=O)C1(ON=CC(=O)O)CCCC1. The highest BCUT2D eigenvalue weighted by Gasteiger charge is 2.47. The summed E-state index contributed by atoms with van der Waals surface area (Å²) in [6.45, 7) is 5.32. The van der Waals surface area contributed by atoms with Crippen molar-refractivity contribution in [1.82, 2.24) is 0 Å². The van der Waals surface area contributed by atoms with E-state index < -0.39 is 23.1 Å². The molecule has 0 saturated heterocycles. The van der Waals surface area contributed by atoms with E-state index in [2.05, 4.69) is 5.16 Å². The van der Waals surface area contributed by atoms with Gasteiger partial charge in [-0.25, -0.2) is 9.59 Å². The van der Waals surface area contributed by atoms with Gasteiger partial charge in [0.15, 0.2) is 6.21 Å². The highest BCUT2D eigenvalue weighted by atomic mass is 16.7. The summed E-state index contributed by atoms with van der Waals surface area (Å²) in [5, 5.41) is 11.8. The molecular weight excluding hydrogens is 238 g/mol. The smallest absolute Gasteiger partial charge is 0.353 e. The molecule has 1 saturated carbocycles. The summed E-state index contributed by atoms with van der Waals surface area (Å²) in [5.74, 6) is -1.69. The normalized spacial score (nSPS) is 18.8. The second kappa shape index (κ2) is 5.37. The molecule has 6 nitrogen and oxygen atoms in total. The van der Waals surface area contributed by atoms with Crippen LogP contribution in [0.5, 0.6) is 0 Å². The molecule has 0 aromatic heterocycles. The van der Waals surface area contributed by atoms with E-state index in [9.17, 15) is 9.59 Å². The van der Waals surface area contributed by atoms with Crippen LogP contribution in [-0.4, -0.2) is 34.5 Å². The average Bonchev–Trinajstić information content (AvgIpc) is 2.64. The minimum absolute atomic E-state index is 0.477. The Hall–Kier alpha value is -1.59. The van der Waals surface area contributed by atoms with Gasteiger partial charge in [-0.1, -0.05) is 5.16 Å². The van der Waals surface area contributed by atoms with Crippen molar-refractivity contribution in [2.75, 3.05) is 0 Å². The molecule has 1 rings (SSSR count). The topological polar surface area (TPSA) is 85.2 Å². The van der Waals surface area contributed by atoms with Crippen LogP contribution in [0, 0.1) is 0 Å². The van der Waals surface area contributed by atoms with Crippen LogP contribution in [0.2, 0.25) is 0 Å². The molecule has 0 bridgehead atoms. The maximum absolute atomic E-state index is 12.1. The quantitative estimate of drug-likeness (QED) is 0.471. The highest BCUT2D eigenvalue weighted by Crippen LogP contribution is 2.35. The minimum Gasteiger partial charge on any atom is -0.477 e. The van der Waals surface area contributed by atoms with Crippen LogP contribution < -0.4 is 0 Å². The number of nitrogens with zero attached hydrogens (tertiary/aromatic N) is 1. The molecule has 1 fully saturated rings. The average molecular weight is 257 g/mol. The van der Waals surface area contributed by atoms with E-state index in [4.69, 9.17) is 14.7 Å². The Balaban J connectivity index is 2.74. The molecule has 0 spiro atoms. The largest absolute Gasteiger partial charge is 0.477 e. The first-order valence-corrected chi connectivity index (χ1v) is 5.93. The number of hydrogen-bond donors (Lipinski definition) is 1. The van der Waals surface area contributed by atoms with Crippen molar-refractivity contribution in [3.05, 3.63) is 0 Å². The van der Waals surface area contributed by atoms with Crippen LogP contribution in [0.3, 0.4) is 0 Å². The third-order valence-electron chi connectivity index (χ3n) is 2.57. The molecule has 18 heavy (non-hydrogen) atoms. The highest BCUT2D eigenvalue weighted by molar-refractivity contribution is 6.21. The van der Waals surface area contributed by atoms with Crippen molar-refractivity contribution in [3.63, 3.8) is 0 Å². The third-order valence-corrected chi connectivity index (χ3v) is 2.57. The maximum atomic E-state index is 12.1. The van der Waals surface area contributed by atoms with Gasteiger partial charge in [0.05, 0.1) is 0 Å². The Morgan fingerprint density at radius 1 is 1.28 bits per heavy atom. The van der Waals surface area contributed by atoms with Crippen LogP contribution in [0.25, 0.3) is 0 Å². The van der Waals surface area contributed by atoms with E-state index in [1.807, 2.05) is 0 Å². The third kappa shape index (κ3) is 4.01. The number of aliphatic carboxylic acids is 1. The minimum atomic E-state index is -1.22. The number of hydrogen-bond acceptors (Lipinski definition) is 5. The number of oxime groups is 1. The lowest BCUT2D eigenvalue weighted by molar-refractivity contribution is -0.183. The fraction of sp³-hybridized carbons (Fsp3) is 0.750. The van der Waals surface area contributed by atoms with E-state index in [0.717, 1.165) is 12.8 Å². The Labute approximate surface area is 106 Å². The number of rotatable bonds is 4. The Morgan fingerprint density at radius 2 is 1.83 bits per heavy atom. The van der Waals surface area contributed by atoms with Crippen molar-refractivity contribution in [2.45, 2.75) is 57.7 Å². The van der Waals surface area contributed by atoms with Crippen molar-refractivity contribution in [1.29, 1.82) is 0 Å². The van der Waals surface area contributed by atoms with E-state index in [1.165, 1.54) is 0 Å².